The molecule has 0 saturated carbocycles. The summed E-state index contributed by atoms with van der Waals surface area (Å²) in [5.74, 6) is 0.323. The van der Waals surface area contributed by atoms with Crippen LogP contribution in [0.1, 0.15) is 4.88 Å². The number of anilines is 1. The van der Waals surface area contributed by atoms with Crippen LogP contribution in [0, 0.1) is 0 Å². The van der Waals surface area contributed by atoms with Crippen molar-refractivity contribution in [2.45, 2.75) is 6.54 Å². The Hall–Kier alpha value is -1.50. The van der Waals surface area contributed by atoms with Gasteiger partial charge in [0.05, 0.1) is 12.1 Å². The maximum Gasteiger partial charge on any atom is 0.240 e. The van der Waals surface area contributed by atoms with E-state index in [0.29, 0.717) is 12.5 Å². The summed E-state index contributed by atoms with van der Waals surface area (Å²) in [7, 11) is 0. The van der Waals surface area contributed by atoms with Crippen molar-refractivity contribution in [3.63, 3.8) is 0 Å². The van der Waals surface area contributed by atoms with E-state index in [1.54, 1.807) is 23.0 Å². The molecule has 0 bridgehead atoms. The van der Waals surface area contributed by atoms with E-state index in [2.05, 4.69) is 20.5 Å². The maximum atomic E-state index is 5.47. The van der Waals surface area contributed by atoms with Crippen molar-refractivity contribution in [3.05, 3.63) is 16.6 Å². The lowest BCUT2D eigenvalue weighted by Crippen LogP contribution is -2.05. The Morgan fingerprint density at radius 1 is 1.58 bits per heavy atom. The van der Waals surface area contributed by atoms with Crippen molar-refractivity contribution in [1.29, 1.82) is 0 Å². The molecule has 12 heavy (non-hydrogen) atoms. The number of nitrogen functional groups attached to an aromatic ring is 1. The molecule has 2 aromatic heterocycles. The minimum Gasteiger partial charge on any atom is -0.367 e. The molecule has 0 amide bonds. The van der Waals surface area contributed by atoms with Crippen LogP contribution in [0.15, 0.2) is 11.7 Å². The molecule has 0 saturated heterocycles. The molecule has 62 valence electrons. The first kappa shape index (κ1) is 7.17. The van der Waals surface area contributed by atoms with Gasteiger partial charge in [-0.1, -0.05) is 5.10 Å². The largest absolute Gasteiger partial charge is 0.367 e. The van der Waals surface area contributed by atoms with Gasteiger partial charge in [-0.05, 0) is 10.4 Å². The molecule has 2 N–H and O–H groups in total. The van der Waals surface area contributed by atoms with Crippen molar-refractivity contribution in [1.82, 2.24) is 25.2 Å². The SMILES string of the molecule is Nc1nnnn1Cc1cncs1. The monoisotopic (exact) mass is 182 g/mol. The first-order valence-electron chi connectivity index (χ1n) is 3.25. The molecular formula is C5H6N6S. The fourth-order valence-electron chi connectivity index (χ4n) is 0.792. The van der Waals surface area contributed by atoms with Crippen molar-refractivity contribution in [3.8, 4) is 0 Å². The number of hydrogen-bond donors (Lipinski definition) is 1. The van der Waals surface area contributed by atoms with E-state index >= 15 is 0 Å². The number of thiazole rings is 1. The molecule has 0 spiro atoms. The highest BCUT2D eigenvalue weighted by atomic mass is 32.1. The summed E-state index contributed by atoms with van der Waals surface area (Å²) < 4.78 is 1.52. The van der Waals surface area contributed by atoms with Crippen LogP contribution in [-0.2, 0) is 6.54 Å². The molecule has 0 fully saturated rings. The van der Waals surface area contributed by atoms with Crippen LogP contribution in [0.4, 0.5) is 5.95 Å². The summed E-state index contributed by atoms with van der Waals surface area (Å²) >= 11 is 1.55. The van der Waals surface area contributed by atoms with Gasteiger partial charge in [-0.15, -0.1) is 11.3 Å². The van der Waals surface area contributed by atoms with E-state index in [0.717, 1.165) is 4.88 Å². The highest BCUT2D eigenvalue weighted by Gasteiger charge is 2.02. The molecule has 2 aromatic rings. The van der Waals surface area contributed by atoms with Gasteiger partial charge >= 0.3 is 0 Å². The standard InChI is InChI=1S/C5H6N6S/c6-5-8-9-10-11(5)2-4-1-7-3-12-4/h1,3H,2H2,(H2,6,8,10). The first-order valence-corrected chi connectivity index (χ1v) is 4.13. The fourth-order valence-corrected chi connectivity index (χ4v) is 1.37. The minimum absolute atomic E-state index is 0.323. The van der Waals surface area contributed by atoms with Gasteiger partial charge in [0.2, 0.25) is 5.95 Å². The van der Waals surface area contributed by atoms with Gasteiger partial charge in [-0.2, -0.15) is 0 Å². The van der Waals surface area contributed by atoms with Crippen LogP contribution in [0.2, 0.25) is 0 Å². The third-order valence-corrected chi connectivity index (χ3v) is 2.11. The molecule has 0 radical (unpaired) electrons. The van der Waals surface area contributed by atoms with Gasteiger partial charge in [0, 0.05) is 11.1 Å². The molecule has 0 aliphatic carbocycles. The molecule has 2 heterocycles. The Morgan fingerprint density at radius 3 is 3.08 bits per heavy atom. The van der Waals surface area contributed by atoms with E-state index in [9.17, 15) is 0 Å². The minimum atomic E-state index is 0.323. The highest BCUT2D eigenvalue weighted by molar-refractivity contribution is 7.09. The molecule has 0 aliphatic rings. The second-order valence-electron chi connectivity index (χ2n) is 2.16. The summed E-state index contributed by atoms with van der Waals surface area (Å²) in [6, 6.07) is 0. The van der Waals surface area contributed by atoms with E-state index < -0.39 is 0 Å². The van der Waals surface area contributed by atoms with Crippen molar-refractivity contribution in [2.24, 2.45) is 0 Å². The van der Waals surface area contributed by atoms with Gasteiger partial charge in [-0.25, -0.2) is 4.68 Å². The molecular weight excluding hydrogens is 176 g/mol. The van der Waals surface area contributed by atoms with Crippen LogP contribution in [0.25, 0.3) is 0 Å². The van der Waals surface area contributed by atoms with Crippen LogP contribution in [0.5, 0.6) is 0 Å². The first-order chi connectivity index (χ1) is 5.86. The summed E-state index contributed by atoms with van der Waals surface area (Å²) in [5, 5.41) is 10.7. The quantitative estimate of drug-likeness (QED) is 0.693. The smallest absolute Gasteiger partial charge is 0.240 e. The Balaban J connectivity index is 2.20. The third-order valence-electron chi connectivity index (χ3n) is 1.35. The van der Waals surface area contributed by atoms with E-state index in [4.69, 9.17) is 5.73 Å². The highest BCUT2D eigenvalue weighted by Crippen LogP contribution is 2.07. The Morgan fingerprint density at radius 2 is 2.50 bits per heavy atom. The molecule has 6 nitrogen and oxygen atoms in total. The molecule has 0 atom stereocenters. The molecule has 2 rings (SSSR count). The second-order valence-corrected chi connectivity index (χ2v) is 3.13. The topological polar surface area (TPSA) is 82.5 Å². The van der Waals surface area contributed by atoms with Crippen LogP contribution < -0.4 is 5.73 Å². The second kappa shape index (κ2) is 2.86. The zero-order chi connectivity index (χ0) is 8.39. The zero-order valence-electron chi connectivity index (χ0n) is 6.08. The van der Waals surface area contributed by atoms with Gasteiger partial charge in [0.25, 0.3) is 0 Å². The van der Waals surface area contributed by atoms with Crippen molar-refractivity contribution in [2.75, 3.05) is 5.73 Å². The van der Waals surface area contributed by atoms with Crippen molar-refractivity contribution >= 4 is 17.3 Å². The van der Waals surface area contributed by atoms with E-state index in [-0.39, 0.29) is 0 Å². The average Bonchev–Trinajstić information content (AvgIpc) is 2.65. The van der Waals surface area contributed by atoms with Crippen LogP contribution in [0.3, 0.4) is 0 Å². The normalized spacial score (nSPS) is 10.3. The van der Waals surface area contributed by atoms with Crippen LogP contribution in [-0.4, -0.2) is 25.2 Å². The lowest BCUT2D eigenvalue weighted by atomic mass is 10.5. The Kier molecular flexibility index (Phi) is 1.71. The van der Waals surface area contributed by atoms with E-state index in [1.807, 2.05) is 0 Å². The molecule has 0 unspecified atom stereocenters. The number of tetrazole rings is 1. The molecule has 0 aliphatic heterocycles. The Labute approximate surface area is 72.0 Å². The number of hydrogen-bond acceptors (Lipinski definition) is 6. The number of nitrogens with two attached hydrogens (primary N) is 1. The average molecular weight is 182 g/mol. The predicted octanol–water partition coefficient (Wildman–Crippen LogP) is -0.240. The lowest BCUT2D eigenvalue weighted by Gasteiger charge is -1.95. The van der Waals surface area contributed by atoms with Crippen LogP contribution >= 0.6 is 11.3 Å². The maximum absolute atomic E-state index is 5.47. The van der Waals surface area contributed by atoms with Gasteiger partial charge in [0.1, 0.15) is 0 Å². The Bertz CT molecular complexity index is 352. The zero-order valence-corrected chi connectivity index (χ0v) is 6.90. The fraction of sp³-hybridized carbons (Fsp3) is 0.200. The summed E-state index contributed by atoms with van der Waals surface area (Å²) in [6.45, 7) is 0.587. The summed E-state index contributed by atoms with van der Waals surface area (Å²) in [5.41, 5.74) is 7.23. The van der Waals surface area contributed by atoms with E-state index in [1.165, 1.54) is 4.68 Å². The molecule has 7 heteroatoms. The number of rotatable bonds is 2. The number of nitrogens with zero attached hydrogens (tertiary/aromatic N) is 5. The summed E-state index contributed by atoms with van der Waals surface area (Å²) in [4.78, 5) is 5.01. The third kappa shape index (κ3) is 1.26. The van der Waals surface area contributed by atoms with Crippen molar-refractivity contribution < 1.29 is 0 Å². The predicted molar refractivity (Wildman–Crippen MR) is 43.4 cm³/mol. The van der Waals surface area contributed by atoms with Gasteiger partial charge in [-0.3, -0.25) is 4.98 Å². The lowest BCUT2D eigenvalue weighted by molar-refractivity contribution is 0.660. The van der Waals surface area contributed by atoms with Gasteiger partial charge < -0.3 is 5.73 Å². The van der Waals surface area contributed by atoms with Gasteiger partial charge in [0.15, 0.2) is 0 Å². The molecule has 0 aromatic carbocycles. The number of aromatic nitrogens is 5. The summed E-state index contributed by atoms with van der Waals surface area (Å²) in [6.07, 6.45) is 1.77.